The van der Waals surface area contributed by atoms with Crippen molar-refractivity contribution >= 4 is 23.5 Å². The van der Waals surface area contributed by atoms with E-state index in [1.807, 2.05) is 13.0 Å². The SMILES string of the molecule is CCCC(C)(NC(=O)c1cc(C)n(-c2ccccc2Cl)n1)C(=O)O. The number of carboxylic acids is 1. The maximum absolute atomic E-state index is 12.4. The number of halogens is 1. The molecule has 1 amide bonds. The van der Waals surface area contributed by atoms with Gasteiger partial charge in [-0.1, -0.05) is 37.1 Å². The van der Waals surface area contributed by atoms with Gasteiger partial charge in [-0.05, 0) is 38.5 Å². The summed E-state index contributed by atoms with van der Waals surface area (Å²) in [6.45, 7) is 5.16. The van der Waals surface area contributed by atoms with Gasteiger partial charge in [-0.15, -0.1) is 0 Å². The molecule has 1 aromatic carbocycles. The highest BCUT2D eigenvalue weighted by Crippen LogP contribution is 2.21. The number of aromatic nitrogens is 2. The molecule has 7 heteroatoms. The molecule has 2 N–H and O–H groups in total. The number of hydrogen-bond donors (Lipinski definition) is 2. The van der Waals surface area contributed by atoms with Crippen LogP contribution in [0.15, 0.2) is 30.3 Å². The second-order valence-corrected chi connectivity index (χ2v) is 6.28. The molecule has 1 aromatic heterocycles. The van der Waals surface area contributed by atoms with Crippen LogP contribution in [-0.2, 0) is 4.79 Å². The van der Waals surface area contributed by atoms with Gasteiger partial charge in [0.2, 0.25) is 0 Å². The van der Waals surface area contributed by atoms with E-state index in [0.717, 1.165) is 5.69 Å². The average molecular weight is 350 g/mol. The predicted octanol–water partition coefficient (Wildman–Crippen LogP) is 3.21. The van der Waals surface area contributed by atoms with Crippen LogP contribution in [0.4, 0.5) is 0 Å². The summed E-state index contributed by atoms with van der Waals surface area (Å²) in [5.74, 6) is -1.60. The highest BCUT2D eigenvalue weighted by Gasteiger charge is 2.34. The summed E-state index contributed by atoms with van der Waals surface area (Å²) in [5, 5.41) is 16.7. The molecule has 0 saturated carbocycles. The van der Waals surface area contributed by atoms with Crippen molar-refractivity contribution in [3.05, 3.63) is 46.7 Å². The highest BCUT2D eigenvalue weighted by atomic mass is 35.5. The number of aliphatic carboxylic acids is 1. The van der Waals surface area contributed by atoms with Gasteiger partial charge in [0.1, 0.15) is 5.54 Å². The largest absolute Gasteiger partial charge is 0.480 e. The topological polar surface area (TPSA) is 84.2 Å². The molecular formula is C17H20ClN3O3. The normalized spacial score (nSPS) is 13.3. The minimum absolute atomic E-state index is 0.149. The Kier molecular flexibility index (Phi) is 5.29. The smallest absolute Gasteiger partial charge is 0.329 e. The van der Waals surface area contributed by atoms with Gasteiger partial charge in [0.25, 0.3) is 5.91 Å². The summed E-state index contributed by atoms with van der Waals surface area (Å²) in [6.07, 6.45) is 0.967. The number of aryl methyl sites for hydroxylation is 1. The van der Waals surface area contributed by atoms with Gasteiger partial charge in [0, 0.05) is 5.69 Å². The number of para-hydroxylation sites is 1. The van der Waals surface area contributed by atoms with Gasteiger partial charge < -0.3 is 10.4 Å². The molecule has 1 unspecified atom stereocenters. The van der Waals surface area contributed by atoms with Crippen LogP contribution in [0.2, 0.25) is 5.02 Å². The second kappa shape index (κ2) is 7.05. The zero-order chi connectivity index (χ0) is 17.9. The van der Waals surface area contributed by atoms with Gasteiger partial charge >= 0.3 is 5.97 Å². The lowest BCUT2D eigenvalue weighted by Gasteiger charge is -2.25. The molecule has 1 heterocycles. The summed E-state index contributed by atoms with van der Waals surface area (Å²) < 4.78 is 1.56. The van der Waals surface area contributed by atoms with Gasteiger partial charge in [0.05, 0.1) is 10.7 Å². The van der Waals surface area contributed by atoms with Crippen LogP contribution in [-0.4, -0.2) is 32.3 Å². The number of nitrogens with one attached hydrogen (secondary N) is 1. The first-order valence-corrected chi connectivity index (χ1v) is 8.03. The standard InChI is InChI=1S/C17H20ClN3O3/c1-4-9-17(3,16(23)24)19-15(22)13-10-11(2)21(20-13)14-8-6-5-7-12(14)18/h5-8,10H,4,9H2,1-3H3,(H,19,22)(H,23,24). The molecule has 0 spiro atoms. The number of carbonyl (C=O) groups excluding carboxylic acids is 1. The summed E-state index contributed by atoms with van der Waals surface area (Å²) in [5.41, 5.74) is 0.204. The molecule has 6 nitrogen and oxygen atoms in total. The molecule has 0 saturated heterocycles. The third kappa shape index (κ3) is 3.59. The molecule has 2 rings (SSSR count). The van der Waals surface area contributed by atoms with Crippen molar-refractivity contribution in [1.82, 2.24) is 15.1 Å². The number of carboxylic acid groups (broad SMARTS) is 1. The Morgan fingerprint density at radius 3 is 2.62 bits per heavy atom. The lowest BCUT2D eigenvalue weighted by molar-refractivity contribution is -0.144. The molecule has 0 aliphatic heterocycles. The first-order valence-electron chi connectivity index (χ1n) is 7.66. The number of benzene rings is 1. The van der Waals surface area contributed by atoms with Crippen LogP contribution in [0.5, 0.6) is 0 Å². The monoisotopic (exact) mass is 349 g/mol. The second-order valence-electron chi connectivity index (χ2n) is 5.88. The summed E-state index contributed by atoms with van der Waals surface area (Å²) in [4.78, 5) is 23.9. The number of nitrogens with zero attached hydrogens (tertiary/aromatic N) is 2. The first-order chi connectivity index (χ1) is 11.3. The van der Waals surface area contributed by atoms with E-state index >= 15 is 0 Å². The van der Waals surface area contributed by atoms with E-state index in [9.17, 15) is 14.7 Å². The molecule has 0 aliphatic carbocycles. The first kappa shape index (κ1) is 18.0. The number of amides is 1. The van der Waals surface area contributed by atoms with Gasteiger partial charge in [-0.25, -0.2) is 9.48 Å². The maximum Gasteiger partial charge on any atom is 0.329 e. The molecule has 1 atom stereocenters. The van der Waals surface area contributed by atoms with Gasteiger partial charge in [-0.3, -0.25) is 4.79 Å². The maximum atomic E-state index is 12.4. The molecule has 0 fully saturated rings. The van der Waals surface area contributed by atoms with Crippen molar-refractivity contribution < 1.29 is 14.7 Å². The molecule has 24 heavy (non-hydrogen) atoms. The van der Waals surface area contributed by atoms with Crippen LogP contribution >= 0.6 is 11.6 Å². The Bertz CT molecular complexity index is 772. The Hall–Kier alpha value is -2.34. The van der Waals surface area contributed by atoms with E-state index in [-0.39, 0.29) is 5.69 Å². The van der Waals surface area contributed by atoms with E-state index < -0.39 is 17.4 Å². The van der Waals surface area contributed by atoms with E-state index in [2.05, 4.69) is 10.4 Å². The van der Waals surface area contributed by atoms with E-state index in [1.165, 1.54) is 6.92 Å². The van der Waals surface area contributed by atoms with E-state index in [4.69, 9.17) is 11.6 Å². The molecule has 128 valence electrons. The minimum Gasteiger partial charge on any atom is -0.480 e. The molecule has 2 aromatic rings. The van der Waals surface area contributed by atoms with Crippen molar-refractivity contribution in [3.63, 3.8) is 0 Å². The van der Waals surface area contributed by atoms with Crippen LogP contribution < -0.4 is 5.32 Å². The van der Waals surface area contributed by atoms with Crippen molar-refractivity contribution in [2.24, 2.45) is 0 Å². The van der Waals surface area contributed by atoms with Crippen LogP contribution in [0, 0.1) is 6.92 Å². The highest BCUT2D eigenvalue weighted by molar-refractivity contribution is 6.32. The zero-order valence-corrected chi connectivity index (χ0v) is 14.6. The quantitative estimate of drug-likeness (QED) is 0.838. The third-order valence-electron chi connectivity index (χ3n) is 3.81. The Labute approximate surface area is 145 Å². The van der Waals surface area contributed by atoms with Gasteiger partial charge in [-0.2, -0.15) is 5.10 Å². The fraction of sp³-hybridized carbons (Fsp3) is 0.353. The lowest BCUT2D eigenvalue weighted by atomic mass is 9.96. The Morgan fingerprint density at radius 1 is 1.38 bits per heavy atom. The van der Waals surface area contributed by atoms with Crippen molar-refractivity contribution in [1.29, 1.82) is 0 Å². The van der Waals surface area contributed by atoms with Gasteiger partial charge in [0.15, 0.2) is 5.69 Å². The van der Waals surface area contributed by atoms with Crippen molar-refractivity contribution in [2.75, 3.05) is 0 Å². The van der Waals surface area contributed by atoms with E-state index in [0.29, 0.717) is 23.6 Å². The number of carbonyl (C=O) groups is 2. The Morgan fingerprint density at radius 2 is 2.04 bits per heavy atom. The fourth-order valence-corrected chi connectivity index (χ4v) is 2.71. The molecular weight excluding hydrogens is 330 g/mol. The lowest BCUT2D eigenvalue weighted by Crippen LogP contribution is -2.52. The van der Waals surface area contributed by atoms with Crippen molar-refractivity contribution in [3.8, 4) is 5.69 Å². The summed E-state index contributed by atoms with van der Waals surface area (Å²) in [6, 6.07) is 8.77. The zero-order valence-electron chi connectivity index (χ0n) is 13.8. The van der Waals surface area contributed by atoms with Crippen LogP contribution in [0.1, 0.15) is 42.9 Å². The van der Waals surface area contributed by atoms with Crippen molar-refractivity contribution in [2.45, 2.75) is 39.2 Å². The minimum atomic E-state index is -1.33. The van der Waals surface area contributed by atoms with Crippen LogP contribution in [0.3, 0.4) is 0 Å². The van der Waals surface area contributed by atoms with Crippen LogP contribution in [0.25, 0.3) is 5.69 Å². The molecule has 0 bridgehead atoms. The predicted molar refractivity (Wildman–Crippen MR) is 91.7 cm³/mol. The summed E-state index contributed by atoms with van der Waals surface area (Å²) in [7, 11) is 0. The molecule has 0 aliphatic rings. The molecule has 0 radical (unpaired) electrons. The Balaban J connectivity index is 2.31. The average Bonchev–Trinajstić information content (AvgIpc) is 2.90. The summed E-state index contributed by atoms with van der Waals surface area (Å²) >= 11 is 6.17. The fourth-order valence-electron chi connectivity index (χ4n) is 2.49. The number of rotatable bonds is 6. The third-order valence-corrected chi connectivity index (χ3v) is 4.13. The van der Waals surface area contributed by atoms with E-state index in [1.54, 1.807) is 35.9 Å². The number of hydrogen-bond acceptors (Lipinski definition) is 3.